The fourth-order valence-corrected chi connectivity index (χ4v) is 2.05. The molecule has 0 aliphatic rings. The number of rotatable bonds is 4. The topological polar surface area (TPSA) is 46.9 Å². The number of benzene rings is 1. The number of carbonyl (C=O) groups is 1. The Morgan fingerprint density at radius 3 is 2.80 bits per heavy atom. The SMILES string of the molecule is CCC(=O)Nc1nn(Cc2c(F)cccc2Cl)cc1Cl. The molecule has 2 aromatic rings. The average molecular weight is 316 g/mol. The lowest BCUT2D eigenvalue weighted by molar-refractivity contribution is -0.115. The van der Waals surface area contributed by atoms with Crippen molar-refractivity contribution in [1.29, 1.82) is 0 Å². The standard InChI is InChI=1S/C13H12Cl2FN3O/c1-2-12(20)17-13-10(15)7-19(18-13)6-8-9(14)4-3-5-11(8)16/h3-5,7H,2,6H2,1H3,(H,17,18,20). The molecular formula is C13H12Cl2FN3O. The van der Waals surface area contributed by atoms with Crippen molar-refractivity contribution in [3.63, 3.8) is 0 Å². The van der Waals surface area contributed by atoms with Crippen molar-refractivity contribution in [2.75, 3.05) is 5.32 Å². The maximum atomic E-state index is 13.7. The van der Waals surface area contributed by atoms with Gasteiger partial charge in [0.05, 0.1) is 6.54 Å². The van der Waals surface area contributed by atoms with Gasteiger partial charge in [-0.05, 0) is 12.1 Å². The second kappa shape index (κ2) is 6.24. The summed E-state index contributed by atoms with van der Waals surface area (Å²) in [7, 11) is 0. The molecule has 0 fully saturated rings. The molecule has 1 aromatic carbocycles. The van der Waals surface area contributed by atoms with E-state index < -0.39 is 5.82 Å². The van der Waals surface area contributed by atoms with Gasteiger partial charge in [-0.2, -0.15) is 5.10 Å². The molecule has 0 spiro atoms. The number of aromatic nitrogens is 2. The highest BCUT2D eigenvalue weighted by Gasteiger charge is 2.12. The number of nitrogens with one attached hydrogen (secondary N) is 1. The van der Waals surface area contributed by atoms with Crippen molar-refractivity contribution < 1.29 is 9.18 Å². The maximum Gasteiger partial charge on any atom is 0.225 e. The minimum atomic E-state index is -0.414. The van der Waals surface area contributed by atoms with E-state index in [1.54, 1.807) is 13.0 Å². The number of hydrogen-bond acceptors (Lipinski definition) is 2. The van der Waals surface area contributed by atoms with Gasteiger partial charge < -0.3 is 5.32 Å². The van der Waals surface area contributed by atoms with Crippen molar-refractivity contribution in [2.24, 2.45) is 0 Å². The minimum Gasteiger partial charge on any atom is -0.308 e. The van der Waals surface area contributed by atoms with E-state index >= 15 is 0 Å². The zero-order chi connectivity index (χ0) is 14.7. The van der Waals surface area contributed by atoms with E-state index in [0.717, 1.165) is 0 Å². The first-order valence-electron chi connectivity index (χ1n) is 5.97. The van der Waals surface area contributed by atoms with Crippen LogP contribution in [0.25, 0.3) is 0 Å². The molecule has 0 bridgehead atoms. The summed E-state index contributed by atoms with van der Waals surface area (Å²) in [5.74, 6) is -0.352. The summed E-state index contributed by atoms with van der Waals surface area (Å²) in [6.07, 6.45) is 1.83. The molecule has 0 aliphatic carbocycles. The van der Waals surface area contributed by atoms with Gasteiger partial charge in [-0.25, -0.2) is 4.39 Å². The fraction of sp³-hybridized carbons (Fsp3) is 0.231. The van der Waals surface area contributed by atoms with Crippen molar-refractivity contribution in [2.45, 2.75) is 19.9 Å². The predicted molar refractivity (Wildman–Crippen MR) is 76.7 cm³/mol. The highest BCUT2D eigenvalue weighted by Crippen LogP contribution is 2.23. The number of anilines is 1. The number of nitrogens with zero attached hydrogens (tertiary/aromatic N) is 2. The van der Waals surface area contributed by atoms with Gasteiger partial charge in [0.1, 0.15) is 10.8 Å². The summed E-state index contributed by atoms with van der Waals surface area (Å²) >= 11 is 11.9. The largest absolute Gasteiger partial charge is 0.308 e. The van der Waals surface area contributed by atoms with Crippen LogP contribution in [0, 0.1) is 5.82 Å². The van der Waals surface area contributed by atoms with Crippen LogP contribution in [0.5, 0.6) is 0 Å². The van der Waals surface area contributed by atoms with Gasteiger partial charge in [-0.15, -0.1) is 0 Å². The molecule has 1 aromatic heterocycles. The second-order valence-electron chi connectivity index (χ2n) is 4.13. The number of carbonyl (C=O) groups excluding carboxylic acids is 1. The lowest BCUT2D eigenvalue weighted by Gasteiger charge is -2.05. The van der Waals surface area contributed by atoms with Crippen molar-refractivity contribution >= 4 is 34.9 Å². The van der Waals surface area contributed by atoms with Crippen LogP contribution in [0.2, 0.25) is 10.0 Å². The molecular weight excluding hydrogens is 304 g/mol. The van der Waals surface area contributed by atoms with E-state index in [9.17, 15) is 9.18 Å². The van der Waals surface area contributed by atoms with Gasteiger partial charge in [-0.3, -0.25) is 9.48 Å². The monoisotopic (exact) mass is 315 g/mol. The quantitative estimate of drug-likeness (QED) is 0.934. The van der Waals surface area contributed by atoms with E-state index in [1.165, 1.54) is 23.0 Å². The van der Waals surface area contributed by atoms with Gasteiger partial charge >= 0.3 is 0 Å². The maximum absolute atomic E-state index is 13.7. The molecule has 1 heterocycles. The Hall–Kier alpha value is -1.59. The summed E-state index contributed by atoms with van der Waals surface area (Å²) in [4.78, 5) is 11.3. The van der Waals surface area contributed by atoms with Crippen LogP contribution < -0.4 is 5.32 Å². The molecule has 0 aliphatic heterocycles. The van der Waals surface area contributed by atoms with Gasteiger partial charge in [0.25, 0.3) is 0 Å². The Morgan fingerprint density at radius 2 is 2.15 bits per heavy atom. The predicted octanol–water partition coefficient (Wildman–Crippen LogP) is 3.73. The Morgan fingerprint density at radius 1 is 1.40 bits per heavy atom. The molecule has 0 saturated carbocycles. The normalized spacial score (nSPS) is 10.6. The van der Waals surface area contributed by atoms with Crippen LogP contribution in [0.4, 0.5) is 10.2 Å². The highest BCUT2D eigenvalue weighted by atomic mass is 35.5. The van der Waals surface area contributed by atoms with Crippen molar-refractivity contribution in [3.05, 3.63) is 45.8 Å². The Labute approximate surface area is 125 Å². The van der Waals surface area contributed by atoms with Crippen molar-refractivity contribution in [3.8, 4) is 0 Å². The van der Waals surface area contributed by atoms with Crippen LogP contribution in [0.1, 0.15) is 18.9 Å². The Kier molecular flexibility index (Phi) is 4.62. The molecule has 2 rings (SSSR count). The van der Waals surface area contributed by atoms with E-state index in [1.807, 2.05) is 0 Å². The summed E-state index contributed by atoms with van der Waals surface area (Å²) in [6, 6.07) is 4.46. The number of hydrogen-bond donors (Lipinski definition) is 1. The van der Waals surface area contributed by atoms with E-state index in [0.29, 0.717) is 22.0 Å². The summed E-state index contributed by atoms with van der Waals surface area (Å²) in [5, 5.41) is 7.27. The van der Waals surface area contributed by atoms with E-state index in [-0.39, 0.29) is 18.3 Å². The zero-order valence-corrected chi connectivity index (χ0v) is 12.2. The lowest BCUT2D eigenvalue weighted by atomic mass is 10.2. The second-order valence-corrected chi connectivity index (χ2v) is 4.94. The third kappa shape index (κ3) is 3.29. The van der Waals surface area contributed by atoms with Gasteiger partial charge in [-0.1, -0.05) is 36.2 Å². The molecule has 1 amide bonds. The molecule has 1 N–H and O–H groups in total. The van der Waals surface area contributed by atoms with E-state index in [2.05, 4.69) is 10.4 Å². The number of amides is 1. The summed E-state index contributed by atoms with van der Waals surface area (Å²) in [6.45, 7) is 1.85. The van der Waals surface area contributed by atoms with Gasteiger partial charge in [0.15, 0.2) is 5.82 Å². The van der Waals surface area contributed by atoms with Crippen LogP contribution in [0.15, 0.2) is 24.4 Å². The molecule has 20 heavy (non-hydrogen) atoms. The minimum absolute atomic E-state index is 0.132. The zero-order valence-electron chi connectivity index (χ0n) is 10.7. The van der Waals surface area contributed by atoms with E-state index in [4.69, 9.17) is 23.2 Å². The lowest BCUT2D eigenvalue weighted by Crippen LogP contribution is -2.11. The molecule has 4 nitrogen and oxygen atoms in total. The van der Waals surface area contributed by atoms with Crippen LogP contribution in [0.3, 0.4) is 0 Å². The molecule has 0 radical (unpaired) electrons. The third-order valence-corrected chi connectivity index (χ3v) is 3.31. The van der Waals surface area contributed by atoms with Crippen molar-refractivity contribution in [1.82, 2.24) is 9.78 Å². The smallest absolute Gasteiger partial charge is 0.225 e. The van der Waals surface area contributed by atoms with Gasteiger partial charge in [0.2, 0.25) is 5.91 Å². The number of halogens is 3. The highest BCUT2D eigenvalue weighted by molar-refractivity contribution is 6.33. The molecule has 0 unspecified atom stereocenters. The summed E-state index contributed by atoms with van der Waals surface area (Å²) in [5.41, 5.74) is 0.321. The first-order chi connectivity index (χ1) is 9.51. The molecule has 0 saturated heterocycles. The molecule has 0 atom stereocenters. The van der Waals surface area contributed by atoms with Crippen LogP contribution in [-0.4, -0.2) is 15.7 Å². The first kappa shape index (κ1) is 14.8. The molecule has 7 heteroatoms. The van der Waals surface area contributed by atoms with Crippen LogP contribution >= 0.6 is 23.2 Å². The third-order valence-electron chi connectivity index (χ3n) is 2.68. The summed E-state index contributed by atoms with van der Waals surface area (Å²) < 4.78 is 15.1. The van der Waals surface area contributed by atoms with Gasteiger partial charge in [0, 0.05) is 23.2 Å². The van der Waals surface area contributed by atoms with Crippen LogP contribution in [-0.2, 0) is 11.3 Å². The first-order valence-corrected chi connectivity index (χ1v) is 6.72. The Bertz CT molecular complexity index is 622. The fourth-order valence-electron chi connectivity index (χ4n) is 1.63. The molecule has 106 valence electrons. The average Bonchev–Trinajstić information content (AvgIpc) is 2.74. The Balaban J connectivity index is 2.23.